The molecule has 0 aliphatic rings. The van der Waals surface area contributed by atoms with E-state index in [1.54, 1.807) is 0 Å². The summed E-state index contributed by atoms with van der Waals surface area (Å²) in [5, 5.41) is 0. The standard InChI is InChI=1S/C7H14N2/c1-3-9(4-2)7-5-6-8/h3-4,7-8H2,1-2H3. The normalized spacial score (nSPS) is 8.78. The molecule has 0 rings (SSSR count). The highest BCUT2D eigenvalue weighted by molar-refractivity contribution is 4.96. The molecule has 0 saturated carbocycles. The van der Waals surface area contributed by atoms with E-state index in [0.717, 1.165) is 19.6 Å². The quantitative estimate of drug-likeness (QED) is 0.434. The molecule has 0 amide bonds. The largest absolute Gasteiger partial charge is 0.359 e. The van der Waals surface area contributed by atoms with Crippen molar-refractivity contribution >= 4 is 0 Å². The molecule has 0 atom stereocenters. The first kappa shape index (κ1) is 8.32. The molecule has 0 bridgehead atoms. The smallest absolute Gasteiger partial charge is 0.0619 e. The van der Waals surface area contributed by atoms with Crippen LogP contribution in [-0.2, 0) is 0 Å². The predicted octanol–water partition coefficient (Wildman–Crippen LogP) is 0.248. The lowest BCUT2D eigenvalue weighted by atomic mass is 10.5. The Morgan fingerprint density at radius 2 is 1.89 bits per heavy atom. The van der Waals surface area contributed by atoms with Crippen molar-refractivity contribution in [2.24, 2.45) is 5.73 Å². The van der Waals surface area contributed by atoms with Crippen molar-refractivity contribution < 1.29 is 0 Å². The summed E-state index contributed by atoms with van der Waals surface area (Å²) >= 11 is 0. The zero-order valence-corrected chi connectivity index (χ0v) is 6.15. The molecule has 0 saturated heterocycles. The molecule has 0 aliphatic carbocycles. The molecular formula is C7H14N2. The lowest BCUT2D eigenvalue weighted by Crippen LogP contribution is -2.23. The Hall–Kier alpha value is -0.680. The molecular weight excluding hydrogens is 112 g/mol. The van der Waals surface area contributed by atoms with Crippen LogP contribution >= 0.6 is 0 Å². The van der Waals surface area contributed by atoms with E-state index in [1.807, 2.05) is 0 Å². The van der Waals surface area contributed by atoms with Crippen LogP contribution in [0.4, 0.5) is 0 Å². The lowest BCUT2D eigenvalue weighted by molar-refractivity contribution is 0.342. The maximum Gasteiger partial charge on any atom is 0.0619 e. The summed E-state index contributed by atoms with van der Waals surface area (Å²) in [4.78, 5) is 2.21. The van der Waals surface area contributed by atoms with Gasteiger partial charge in [0.25, 0.3) is 0 Å². The van der Waals surface area contributed by atoms with Gasteiger partial charge in [-0.25, -0.2) is 0 Å². The van der Waals surface area contributed by atoms with Gasteiger partial charge in [0.15, 0.2) is 0 Å². The first-order chi connectivity index (χ1) is 4.35. The molecule has 2 heteroatoms. The van der Waals surface area contributed by atoms with Crippen LogP contribution < -0.4 is 5.73 Å². The van der Waals surface area contributed by atoms with Crippen LogP contribution in [-0.4, -0.2) is 24.5 Å². The molecule has 0 heterocycles. The summed E-state index contributed by atoms with van der Waals surface area (Å²) in [6, 6.07) is 2.38. The highest BCUT2D eigenvalue weighted by atomic mass is 15.1. The van der Waals surface area contributed by atoms with E-state index in [-0.39, 0.29) is 0 Å². The summed E-state index contributed by atoms with van der Waals surface area (Å²) in [7, 11) is 0. The SMILES string of the molecule is CCN(CC)CC#CN. The van der Waals surface area contributed by atoms with Crippen molar-refractivity contribution in [2.75, 3.05) is 19.6 Å². The van der Waals surface area contributed by atoms with Gasteiger partial charge < -0.3 is 5.73 Å². The highest BCUT2D eigenvalue weighted by Crippen LogP contribution is 1.82. The van der Waals surface area contributed by atoms with Crippen molar-refractivity contribution in [1.29, 1.82) is 0 Å². The Kier molecular flexibility index (Phi) is 5.04. The van der Waals surface area contributed by atoms with Gasteiger partial charge in [0.1, 0.15) is 0 Å². The van der Waals surface area contributed by atoms with E-state index in [0.29, 0.717) is 0 Å². The number of rotatable bonds is 3. The summed E-state index contributed by atoms with van der Waals surface area (Å²) in [5.74, 6) is 2.80. The molecule has 2 N–H and O–H groups in total. The molecule has 0 aromatic carbocycles. The van der Waals surface area contributed by atoms with Gasteiger partial charge in [-0.3, -0.25) is 4.90 Å². The van der Waals surface area contributed by atoms with Gasteiger partial charge in [-0.1, -0.05) is 19.8 Å². The topological polar surface area (TPSA) is 29.3 Å². The third kappa shape index (κ3) is 3.87. The fraction of sp³-hybridized carbons (Fsp3) is 0.714. The summed E-state index contributed by atoms with van der Waals surface area (Å²) in [6.07, 6.45) is 0. The van der Waals surface area contributed by atoms with E-state index < -0.39 is 0 Å². The van der Waals surface area contributed by atoms with Gasteiger partial charge in [-0.15, -0.1) is 0 Å². The number of nitrogens with two attached hydrogens (primary N) is 1. The minimum absolute atomic E-state index is 0.795. The average Bonchev–Trinajstić information content (AvgIpc) is 1.91. The first-order valence-corrected chi connectivity index (χ1v) is 3.26. The molecule has 9 heavy (non-hydrogen) atoms. The number of hydrogen-bond acceptors (Lipinski definition) is 2. The molecule has 0 aliphatic heterocycles. The van der Waals surface area contributed by atoms with E-state index >= 15 is 0 Å². The van der Waals surface area contributed by atoms with Crippen molar-refractivity contribution in [3.63, 3.8) is 0 Å². The Balaban J connectivity index is 3.39. The Bertz CT molecular complexity index is 106. The minimum Gasteiger partial charge on any atom is -0.359 e. The third-order valence-corrected chi connectivity index (χ3v) is 1.30. The van der Waals surface area contributed by atoms with Crippen LogP contribution in [0.3, 0.4) is 0 Å². The average molecular weight is 126 g/mol. The molecule has 0 spiro atoms. The van der Waals surface area contributed by atoms with Crippen molar-refractivity contribution in [2.45, 2.75) is 13.8 Å². The summed E-state index contributed by atoms with van der Waals surface area (Å²) in [6.45, 7) is 7.11. The highest BCUT2D eigenvalue weighted by Gasteiger charge is 1.92. The van der Waals surface area contributed by atoms with E-state index in [2.05, 4.69) is 30.7 Å². The molecule has 0 unspecified atom stereocenters. The molecule has 0 aromatic heterocycles. The Morgan fingerprint density at radius 1 is 1.33 bits per heavy atom. The minimum atomic E-state index is 0.795. The first-order valence-electron chi connectivity index (χ1n) is 3.26. The van der Waals surface area contributed by atoms with Crippen molar-refractivity contribution in [3.8, 4) is 12.0 Å². The molecule has 0 fully saturated rings. The van der Waals surface area contributed by atoms with Crippen LogP contribution in [0.2, 0.25) is 0 Å². The molecule has 52 valence electrons. The molecule has 0 aromatic rings. The second kappa shape index (κ2) is 5.46. The van der Waals surface area contributed by atoms with Gasteiger partial charge in [-0.2, -0.15) is 0 Å². The van der Waals surface area contributed by atoms with Crippen LogP contribution in [0.5, 0.6) is 0 Å². The van der Waals surface area contributed by atoms with Crippen molar-refractivity contribution in [1.82, 2.24) is 4.90 Å². The second-order valence-corrected chi connectivity index (χ2v) is 1.78. The Labute approximate surface area is 57.0 Å². The zero-order chi connectivity index (χ0) is 7.11. The summed E-state index contributed by atoms with van der Waals surface area (Å²) in [5.41, 5.74) is 5.00. The van der Waals surface area contributed by atoms with E-state index in [1.165, 1.54) is 0 Å². The van der Waals surface area contributed by atoms with Gasteiger partial charge in [-0.05, 0) is 13.1 Å². The fourth-order valence-electron chi connectivity index (χ4n) is 0.605. The monoisotopic (exact) mass is 126 g/mol. The van der Waals surface area contributed by atoms with Crippen LogP contribution in [0.25, 0.3) is 0 Å². The maximum absolute atomic E-state index is 5.00. The van der Waals surface area contributed by atoms with E-state index in [9.17, 15) is 0 Å². The fourth-order valence-corrected chi connectivity index (χ4v) is 0.605. The zero-order valence-electron chi connectivity index (χ0n) is 6.15. The van der Waals surface area contributed by atoms with Crippen LogP contribution in [0.1, 0.15) is 13.8 Å². The van der Waals surface area contributed by atoms with Gasteiger partial charge in [0.2, 0.25) is 0 Å². The van der Waals surface area contributed by atoms with E-state index in [4.69, 9.17) is 5.73 Å². The van der Waals surface area contributed by atoms with Crippen LogP contribution in [0, 0.1) is 12.0 Å². The molecule has 0 radical (unpaired) electrons. The van der Waals surface area contributed by atoms with Gasteiger partial charge in [0, 0.05) is 6.04 Å². The third-order valence-electron chi connectivity index (χ3n) is 1.30. The van der Waals surface area contributed by atoms with Crippen LogP contribution in [0.15, 0.2) is 0 Å². The van der Waals surface area contributed by atoms with Gasteiger partial charge in [0.05, 0.1) is 6.54 Å². The summed E-state index contributed by atoms with van der Waals surface area (Å²) < 4.78 is 0. The predicted molar refractivity (Wildman–Crippen MR) is 39.8 cm³/mol. The number of nitrogens with zero attached hydrogens (tertiary/aromatic N) is 1. The lowest BCUT2D eigenvalue weighted by Gasteiger charge is -2.12. The van der Waals surface area contributed by atoms with Gasteiger partial charge >= 0.3 is 0 Å². The second-order valence-electron chi connectivity index (χ2n) is 1.78. The number of hydrogen-bond donors (Lipinski definition) is 1. The Morgan fingerprint density at radius 3 is 2.22 bits per heavy atom. The van der Waals surface area contributed by atoms with Crippen molar-refractivity contribution in [3.05, 3.63) is 0 Å². The molecule has 2 nitrogen and oxygen atoms in total. The maximum atomic E-state index is 5.00.